The fourth-order valence-electron chi connectivity index (χ4n) is 1.12. The first kappa shape index (κ1) is 12.6. The smallest absolute Gasteiger partial charge is 0.342 e. The summed E-state index contributed by atoms with van der Waals surface area (Å²) >= 11 is 0. The molecule has 88 valence electrons. The second kappa shape index (κ2) is 5.06. The zero-order valence-electron chi connectivity index (χ0n) is 8.37. The number of rotatable bonds is 4. The van der Waals surface area contributed by atoms with E-state index in [1.54, 1.807) is 18.2 Å². The lowest BCUT2D eigenvalue weighted by molar-refractivity contribution is -0.145. The van der Waals surface area contributed by atoms with Gasteiger partial charge >= 0.3 is 5.97 Å². The molecule has 0 aliphatic carbocycles. The number of benzene rings is 1. The lowest BCUT2D eigenvalue weighted by Crippen LogP contribution is -2.39. The van der Waals surface area contributed by atoms with Gasteiger partial charge < -0.3 is 10.6 Å². The minimum absolute atomic E-state index is 0.107. The average molecular weight is 244 g/mol. The Kier molecular flexibility index (Phi) is 3.99. The van der Waals surface area contributed by atoms with E-state index < -0.39 is 27.6 Å². The van der Waals surface area contributed by atoms with Crippen molar-refractivity contribution in [3.05, 3.63) is 30.3 Å². The Morgan fingerprint density at radius 2 is 1.88 bits per heavy atom. The number of carbonyl (C=O) groups excluding carboxylic acids is 1. The Morgan fingerprint density at radius 3 is 2.38 bits per heavy atom. The molecule has 1 aromatic rings. The Bertz CT molecular complexity index is 458. The van der Waals surface area contributed by atoms with E-state index in [4.69, 9.17) is 5.73 Å². The van der Waals surface area contributed by atoms with E-state index in [9.17, 15) is 13.2 Å². The van der Waals surface area contributed by atoms with Crippen LogP contribution < -0.4 is 11.6 Å². The number of hydrogen-bond acceptors (Lipinski definition) is 6. The number of hydrogen-bond donors (Lipinski definition) is 2. The SMILES string of the molecule is NOC(=O)[C@@H](N)CS(=O)(=O)c1ccccc1. The second-order valence-corrected chi connectivity index (χ2v) is 5.17. The van der Waals surface area contributed by atoms with Crippen LogP contribution >= 0.6 is 0 Å². The lowest BCUT2D eigenvalue weighted by Gasteiger charge is -2.09. The highest BCUT2D eigenvalue weighted by atomic mass is 32.2. The van der Waals surface area contributed by atoms with Gasteiger partial charge in [-0.15, -0.1) is 0 Å². The molecular weight excluding hydrogens is 232 g/mol. The molecule has 1 aromatic carbocycles. The largest absolute Gasteiger partial charge is 0.372 e. The van der Waals surface area contributed by atoms with Gasteiger partial charge in [0.25, 0.3) is 0 Å². The van der Waals surface area contributed by atoms with Crippen molar-refractivity contribution < 1.29 is 18.0 Å². The molecule has 7 heteroatoms. The van der Waals surface area contributed by atoms with Crippen LogP contribution in [0.2, 0.25) is 0 Å². The zero-order valence-corrected chi connectivity index (χ0v) is 9.18. The molecule has 1 atom stereocenters. The molecule has 6 nitrogen and oxygen atoms in total. The number of sulfone groups is 1. The van der Waals surface area contributed by atoms with Crippen LogP contribution in [0.25, 0.3) is 0 Å². The van der Waals surface area contributed by atoms with Crippen LogP contribution in [0.1, 0.15) is 0 Å². The molecule has 0 bridgehead atoms. The highest BCUT2D eigenvalue weighted by Crippen LogP contribution is 2.10. The van der Waals surface area contributed by atoms with E-state index in [1.807, 2.05) is 0 Å². The van der Waals surface area contributed by atoms with Gasteiger partial charge in [-0.2, -0.15) is 5.90 Å². The summed E-state index contributed by atoms with van der Waals surface area (Å²) < 4.78 is 23.5. The summed E-state index contributed by atoms with van der Waals surface area (Å²) in [6.45, 7) is 0. The minimum Gasteiger partial charge on any atom is -0.372 e. The van der Waals surface area contributed by atoms with Gasteiger partial charge in [-0.25, -0.2) is 13.2 Å². The molecule has 0 saturated heterocycles. The van der Waals surface area contributed by atoms with Gasteiger partial charge in [0.1, 0.15) is 6.04 Å². The molecule has 0 aromatic heterocycles. The second-order valence-electron chi connectivity index (χ2n) is 3.14. The third-order valence-electron chi connectivity index (χ3n) is 1.92. The van der Waals surface area contributed by atoms with Gasteiger partial charge in [-0.3, -0.25) is 0 Å². The molecular formula is C9H12N2O4S. The molecule has 0 radical (unpaired) electrons. The standard InChI is InChI=1S/C9H12N2O4S/c10-8(9(12)15-11)6-16(13,14)7-4-2-1-3-5-7/h1-5,8H,6,10-11H2/t8-/m0/s1. The van der Waals surface area contributed by atoms with Crippen molar-refractivity contribution in [3.8, 4) is 0 Å². The molecule has 1 rings (SSSR count). The highest BCUT2D eigenvalue weighted by molar-refractivity contribution is 7.91. The molecule has 4 N–H and O–H groups in total. The maximum absolute atomic E-state index is 11.7. The molecule has 0 aliphatic rings. The van der Waals surface area contributed by atoms with Gasteiger partial charge in [0, 0.05) is 0 Å². The average Bonchev–Trinajstić information content (AvgIpc) is 2.28. The Morgan fingerprint density at radius 1 is 1.31 bits per heavy atom. The summed E-state index contributed by atoms with van der Waals surface area (Å²) in [6, 6.07) is 6.42. The van der Waals surface area contributed by atoms with Crippen LogP contribution in [0.3, 0.4) is 0 Å². The van der Waals surface area contributed by atoms with Crippen molar-refractivity contribution in [1.82, 2.24) is 0 Å². The van der Waals surface area contributed by atoms with Crippen molar-refractivity contribution in [1.29, 1.82) is 0 Å². The van der Waals surface area contributed by atoms with Crippen molar-refractivity contribution in [2.24, 2.45) is 11.6 Å². The topological polar surface area (TPSA) is 112 Å². The lowest BCUT2D eigenvalue weighted by atomic mass is 10.4. The van der Waals surface area contributed by atoms with Gasteiger partial charge in [0.2, 0.25) is 0 Å². The third-order valence-corrected chi connectivity index (χ3v) is 3.71. The van der Waals surface area contributed by atoms with Crippen LogP contribution in [-0.2, 0) is 19.5 Å². The first-order valence-corrected chi connectivity index (χ1v) is 6.06. The fraction of sp³-hybridized carbons (Fsp3) is 0.222. The maximum Gasteiger partial charge on any atom is 0.342 e. The van der Waals surface area contributed by atoms with Crippen molar-refractivity contribution in [2.45, 2.75) is 10.9 Å². The monoisotopic (exact) mass is 244 g/mol. The Labute approximate surface area is 93.1 Å². The summed E-state index contributed by atoms with van der Waals surface area (Å²) in [4.78, 5) is 14.9. The predicted molar refractivity (Wildman–Crippen MR) is 56.7 cm³/mol. The molecule has 0 saturated carbocycles. The van der Waals surface area contributed by atoms with Crippen LogP contribution in [0.4, 0.5) is 0 Å². The first-order chi connectivity index (χ1) is 7.47. The fourth-order valence-corrected chi connectivity index (χ4v) is 2.49. The summed E-state index contributed by atoms with van der Waals surface area (Å²) in [7, 11) is -3.60. The molecule has 0 aliphatic heterocycles. The Hall–Kier alpha value is -1.44. The molecule has 0 fully saturated rings. The van der Waals surface area contributed by atoms with Crippen LogP contribution in [0.15, 0.2) is 35.2 Å². The van der Waals surface area contributed by atoms with Crippen molar-refractivity contribution in [3.63, 3.8) is 0 Å². The van der Waals surface area contributed by atoms with Crippen LogP contribution in [0.5, 0.6) is 0 Å². The van der Waals surface area contributed by atoms with Crippen LogP contribution in [0, 0.1) is 0 Å². The zero-order chi connectivity index (χ0) is 12.2. The van der Waals surface area contributed by atoms with Crippen LogP contribution in [-0.4, -0.2) is 26.2 Å². The van der Waals surface area contributed by atoms with Crippen molar-refractivity contribution >= 4 is 15.8 Å². The van der Waals surface area contributed by atoms with Gasteiger partial charge in [-0.1, -0.05) is 18.2 Å². The normalized spacial score (nSPS) is 13.1. The molecule has 0 spiro atoms. The summed E-state index contributed by atoms with van der Waals surface area (Å²) in [6.07, 6.45) is 0. The van der Waals surface area contributed by atoms with E-state index in [1.165, 1.54) is 12.1 Å². The molecule has 16 heavy (non-hydrogen) atoms. The van der Waals surface area contributed by atoms with E-state index in [0.29, 0.717) is 0 Å². The quantitative estimate of drug-likeness (QED) is 0.671. The summed E-state index contributed by atoms with van der Waals surface area (Å²) in [5.41, 5.74) is 5.32. The minimum atomic E-state index is -3.60. The molecule has 0 heterocycles. The number of carbonyl (C=O) groups is 1. The van der Waals surface area contributed by atoms with Gasteiger partial charge in [0.05, 0.1) is 10.6 Å². The number of nitrogens with two attached hydrogens (primary N) is 2. The third kappa shape index (κ3) is 3.02. The van der Waals surface area contributed by atoms with E-state index in [-0.39, 0.29) is 4.90 Å². The van der Waals surface area contributed by atoms with E-state index in [0.717, 1.165) is 0 Å². The predicted octanol–water partition coefficient (Wildman–Crippen LogP) is -0.795. The maximum atomic E-state index is 11.7. The molecule has 0 unspecified atom stereocenters. The van der Waals surface area contributed by atoms with Crippen molar-refractivity contribution in [2.75, 3.05) is 5.75 Å². The van der Waals surface area contributed by atoms with E-state index in [2.05, 4.69) is 10.7 Å². The summed E-state index contributed by atoms with van der Waals surface area (Å²) in [5.74, 6) is 3.11. The van der Waals surface area contributed by atoms with Gasteiger partial charge in [-0.05, 0) is 12.1 Å². The van der Waals surface area contributed by atoms with E-state index >= 15 is 0 Å². The first-order valence-electron chi connectivity index (χ1n) is 4.41. The summed E-state index contributed by atoms with van der Waals surface area (Å²) in [5, 5.41) is 0. The van der Waals surface area contributed by atoms with Gasteiger partial charge in [0.15, 0.2) is 9.84 Å². The highest BCUT2D eigenvalue weighted by Gasteiger charge is 2.24. The Balaban J connectivity index is 2.85. The molecule has 0 amide bonds.